The van der Waals surface area contributed by atoms with E-state index in [1.807, 2.05) is 0 Å². The van der Waals surface area contributed by atoms with Gasteiger partial charge in [0.05, 0.1) is 5.75 Å². The topological polar surface area (TPSA) is 131 Å². The molecular formula is C9H14N4O4S. The Morgan fingerprint density at radius 2 is 2.06 bits per heavy atom. The molecule has 0 fully saturated rings. The molecule has 0 aliphatic heterocycles. The number of aromatic nitrogens is 3. The van der Waals surface area contributed by atoms with Gasteiger partial charge in [-0.1, -0.05) is 11.8 Å². The molecule has 0 spiro atoms. The Labute approximate surface area is 107 Å². The third-order valence-electron chi connectivity index (χ3n) is 2.33. The van der Waals surface area contributed by atoms with Crippen LogP contribution in [0.4, 0.5) is 0 Å². The standard InChI is InChI=1S/C9H14N4O4S/c1-9(2,7(10)17)13-5(3-14)11-12-8(13)18-4-6(15)16/h14H,3-4H2,1-2H3,(H2,10,17)(H,15,16). The van der Waals surface area contributed by atoms with Crippen LogP contribution < -0.4 is 5.73 Å². The molecule has 0 unspecified atom stereocenters. The lowest BCUT2D eigenvalue weighted by Crippen LogP contribution is -2.42. The summed E-state index contributed by atoms with van der Waals surface area (Å²) >= 11 is 0.907. The Balaban J connectivity index is 3.17. The predicted molar refractivity (Wildman–Crippen MR) is 62.8 cm³/mol. The number of carboxylic acid groups (broad SMARTS) is 1. The number of nitrogens with zero attached hydrogens (tertiary/aromatic N) is 3. The van der Waals surface area contributed by atoms with Crippen LogP contribution in [-0.2, 0) is 21.7 Å². The fourth-order valence-corrected chi connectivity index (χ4v) is 2.11. The summed E-state index contributed by atoms with van der Waals surface area (Å²) in [5.74, 6) is -1.71. The maximum atomic E-state index is 11.4. The second kappa shape index (κ2) is 5.36. The van der Waals surface area contributed by atoms with E-state index in [0.717, 1.165) is 11.8 Å². The second-order valence-electron chi connectivity index (χ2n) is 4.00. The lowest BCUT2D eigenvalue weighted by atomic mass is 10.1. The van der Waals surface area contributed by atoms with Crippen LogP contribution in [0.3, 0.4) is 0 Å². The van der Waals surface area contributed by atoms with Gasteiger partial charge in [0, 0.05) is 0 Å². The first-order valence-electron chi connectivity index (χ1n) is 5.00. The van der Waals surface area contributed by atoms with E-state index in [4.69, 9.17) is 15.9 Å². The minimum absolute atomic E-state index is 0.159. The van der Waals surface area contributed by atoms with Gasteiger partial charge in [0.25, 0.3) is 0 Å². The van der Waals surface area contributed by atoms with Crippen LogP contribution >= 0.6 is 11.8 Å². The van der Waals surface area contributed by atoms with Gasteiger partial charge in [-0.25, -0.2) is 0 Å². The molecule has 4 N–H and O–H groups in total. The van der Waals surface area contributed by atoms with Gasteiger partial charge in [-0.05, 0) is 13.8 Å². The fourth-order valence-electron chi connectivity index (χ4n) is 1.29. The summed E-state index contributed by atoms with van der Waals surface area (Å²) < 4.78 is 1.35. The van der Waals surface area contributed by atoms with Crippen LogP contribution in [0.2, 0.25) is 0 Å². The molecule has 18 heavy (non-hydrogen) atoms. The summed E-state index contributed by atoms with van der Waals surface area (Å²) in [6, 6.07) is 0. The lowest BCUT2D eigenvalue weighted by molar-refractivity contribution is -0.133. The number of hydrogen-bond acceptors (Lipinski definition) is 6. The lowest BCUT2D eigenvalue weighted by Gasteiger charge is -2.25. The fraction of sp³-hybridized carbons (Fsp3) is 0.556. The number of aliphatic hydroxyl groups excluding tert-OH is 1. The van der Waals surface area contributed by atoms with E-state index in [2.05, 4.69) is 10.2 Å². The van der Waals surface area contributed by atoms with Crippen molar-refractivity contribution >= 4 is 23.6 Å². The molecule has 1 heterocycles. The highest BCUT2D eigenvalue weighted by atomic mass is 32.2. The highest BCUT2D eigenvalue weighted by Gasteiger charge is 2.33. The first-order valence-corrected chi connectivity index (χ1v) is 5.99. The molecule has 0 saturated carbocycles. The van der Waals surface area contributed by atoms with Crippen molar-refractivity contribution in [1.82, 2.24) is 14.8 Å². The minimum Gasteiger partial charge on any atom is -0.481 e. The van der Waals surface area contributed by atoms with Gasteiger partial charge in [0.1, 0.15) is 12.1 Å². The van der Waals surface area contributed by atoms with Gasteiger partial charge < -0.3 is 15.9 Å². The van der Waals surface area contributed by atoms with Crippen molar-refractivity contribution in [2.75, 3.05) is 5.75 Å². The summed E-state index contributed by atoms with van der Waals surface area (Å²) in [7, 11) is 0. The van der Waals surface area contributed by atoms with Gasteiger partial charge in [-0.3, -0.25) is 14.2 Å². The number of carbonyl (C=O) groups is 2. The van der Waals surface area contributed by atoms with Crippen LogP contribution in [0, 0.1) is 0 Å². The molecule has 100 valence electrons. The molecule has 1 aromatic rings. The van der Waals surface area contributed by atoms with E-state index in [1.54, 1.807) is 13.8 Å². The normalized spacial score (nSPS) is 11.5. The van der Waals surface area contributed by atoms with Crippen molar-refractivity contribution in [1.29, 1.82) is 0 Å². The first-order chi connectivity index (χ1) is 8.30. The minimum atomic E-state index is -1.15. The average Bonchev–Trinajstić information content (AvgIpc) is 2.69. The number of carbonyl (C=O) groups excluding carboxylic acids is 1. The molecule has 0 radical (unpaired) electrons. The van der Waals surface area contributed by atoms with Gasteiger partial charge in [0.2, 0.25) is 5.91 Å². The van der Waals surface area contributed by atoms with E-state index in [-0.39, 0.29) is 16.7 Å². The Kier molecular flexibility index (Phi) is 4.30. The van der Waals surface area contributed by atoms with Gasteiger partial charge in [0.15, 0.2) is 11.0 Å². The zero-order valence-corrected chi connectivity index (χ0v) is 10.8. The molecule has 0 aromatic carbocycles. The quantitative estimate of drug-likeness (QED) is 0.577. The Hall–Kier alpha value is -1.61. The second-order valence-corrected chi connectivity index (χ2v) is 4.94. The maximum Gasteiger partial charge on any atom is 0.313 e. The third-order valence-corrected chi connectivity index (χ3v) is 3.24. The number of hydrogen-bond donors (Lipinski definition) is 3. The van der Waals surface area contributed by atoms with Crippen molar-refractivity contribution in [2.45, 2.75) is 31.1 Å². The van der Waals surface area contributed by atoms with E-state index in [0.29, 0.717) is 0 Å². The highest BCUT2D eigenvalue weighted by molar-refractivity contribution is 7.99. The molecule has 0 atom stereocenters. The Morgan fingerprint density at radius 1 is 1.44 bits per heavy atom. The number of thioether (sulfide) groups is 1. The van der Waals surface area contributed by atoms with Crippen molar-refractivity contribution in [3.63, 3.8) is 0 Å². The van der Waals surface area contributed by atoms with E-state index >= 15 is 0 Å². The summed E-state index contributed by atoms with van der Waals surface area (Å²) in [6.45, 7) is 2.67. The zero-order valence-electron chi connectivity index (χ0n) is 9.95. The molecule has 1 rings (SSSR count). The maximum absolute atomic E-state index is 11.4. The van der Waals surface area contributed by atoms with Crippen LogP contribution in [-0.4, -0.2) is 42.6 Å². The summed E-state index contributed by atoms with van der Waals surface area (Å²) in [6.07, 6.45) is 0. The first kappa shape index (κ1) is 14.5. The summed E-state index contributed by atoms with van der Waals surface area (Å²) in [5, 5.41) is 25.5. The number of primary amides is 1. The largest absolute Gasteiger partial charge is 0.481 e. The van der Waals surface area contributed by atoms with Crippen molar-refractivity contribution < 1.29 is 19.8 Å². The monoisotopic (exact) mass is 274 g/mol. The summed E-state index contributed by atoms with van der Waals surface area (Å²) in [4.78, 5) is 21.9. The predicted octanol–water partition coefficient (Wildman–Crippen LogP) is -0.832. The average molecular weight is 274 g/mol. The zero-order chi connectivity index (χ0) is 13.9. The number of aliphatic hydroxyl groups is 1. The van der Waals surface area contributed by atoms with Crippen LogP contribution in [0.1, 0.15) is 19.7 Å². The van der Waals surface area contributed by atoms with E-state index < -0.39 is 24.0 Å². The molecule has 0 saturated heterocycles. The van der Waals surface area contributed by atoms with Crippen LogP contribution in [0.15, 0.2) is 5.16 Å². The highest BCUT2D eigenvalue weighted by Crippen LogP contribution is 2.25. The number of amides is 1. The summed E-state index contributed by atoms with van der Waals surface area (Å²) in [5.41, 5.74) is 4.14. The molecular weight excluding hydrogens is 260 g/mol. The molecule has 1 amide bonds. The van der Waals surface area contributed by atoms with E-state index in [1.165, 1.54) is 4.57 Å². The Morgan fingerprint density at radius 3 is 2.50 bits per heavy atom. The molecule has 0 aliphatic rings. The Bertz CT molecular complexity index is 471. The SMILES string of the molecule is CC(C)(C(N)=O)n1c(CO)nnc1SCC(=O)O. The van der Waals surface area contributed by atoms with E-state index in [9.17, 15) is 9.59 Å². The number of nitrogens with two attached hydrogens (primary N) is 1. The van der Waals surface area contributed by atoms with Crippen molar-refractivity contribution in [2.24, 2.45) is 5.73 Å². The van der Waals surface area contributed by atoms with Gasteiger partial charge >= 0.3 is 5.97 Å². The van der Waals surface area contributed by atoms with Crippen molar-refractivity contribution in [3.05, 3.63) is 5.82 Å². The van der Waals surface area contributed by atoms with Crippen molar-refractivity contribution in [3.8, 4) is 0 Å². The number of aliphatic carboxylic acids is 1. The smallest absolute Gasteiger partial charge is 0.313 e. The van der Waals surface area contributed by atoms with Gasteiger partial charge in [-0.2, -0.15) is 0 Å². The van der Waals surface area contributed by atoms with Gasteiger partial charge in [-0.15, -0.1) is 10.2 Å². The molecule has 0 bridgehead atoms. The van der Waals surface area contributed by atoms with Crippen LogP contribution in [0.25, 0.3) is 0 Å². The molecule has 1 aromatic heterocycles. The molecule has 0 aliphatic carbocycles. The third kappa shape index (κ3) is 2.79. The number of rotatable bonds is 6. The molecule has 8 nitrogen and oxygen atoms in total. The number of carboxylic acids is 1. The molecule has 9 heteroatoms. The van der Waals surface area contributed by atoms with Crippen LogP contribution in [0.5, 0.6) is 0 Å².